The molecule has 0 amide bonds. The smallest absolute Gasteiger partial charge is 0.214 e. The van der Waals surface area contributed by atoms with Crippen LogP contribution in [0.2, 0.25) is 0 Å². The molecule has 16 heavy (non-hydrogen) atoms. The molecule has 0 aliphatic rings. The summed E-state index contributed by atoms with van der Waals surface area (Å²) in [5, 5.41) is 8.21. The maximum atomic E-state index is 12.1. The van der Waals surface area contributed by atoms with Gasteiger partial charge in [0.25, 0.3) is 0 Å². The first-order chi connectivity index (χ1) is 7.14. The van der Waals surface area contributed by atoms with Crippen molar-refractivity contribution in [3.8, 4) is 6.07 Å². The molecule has 0 radical (unpaired) electrons. The Morgan fingerprint density at radius 2 is 1.31 bits per heavy atom. The highest BCUT2D eigenvalue weighted by molar-refractivity contribution is 5.21. The van der Waals surface area contributed by atoms with Gasteiger partial charge in [-0.1, -0.05) is 0 Å². The highest BCUT2D eigenvalue weighted by Crippen LogP contribution is 2.33. The summed E-state index contributed by atoms with van der Waals surface area (Å²) in [6.07, 6.45) is -10.1. The second-order valence-corrected chi connectivity index (χ2v) is 2.57. The molecule has 0 aliphatic heterocycles. The van der Waals surface area contributed by atoms with Crippen molar-refractivity contribution < 1.29 is 26.3 Å². The normalized spacial score (nSPS) is 12.3. The summed E-state index contributed by atoms with van der Waals surface area (Å²) in [5.74, 6) is -1.18. The third-order valence-corrected chi connectivity index (χ3v) is 1.41. The lowest BCUT2D eigenvalue weighted by atomic mass is 10.3. The van der Waals surface area contributed by atoms with Gasteiger partial charge in [-0.3, -0.25) is 0 Å². The number of hydrogen-bond donors (Lipinski definition) is 0. The molecule has 1 heterocycles. The van der Waals surface area contributed by atoms with E-state index in [4.69, 9.17) is 5.26 Å². The molecule has 0 spiro atoms. The van der Waals surface area contributed by atoms with Crippen molar-refractivity contribution in [2.75, 3.05) is 0 Å². The van der Waals surface area contributed by atoms with Crippen molar-refractivity contribution in [3.05, 3.63) is 23.3 Å². The molecular weight excluding hydrogens is 240 g/mol. The molecule has 0 aliphatic carbocycles. The molecule has 0 saturated heterocycles. The fraction of sp³-hybridized carbons (Fsp3) is 0.286. The summed E-state index contributed by atoms with van der Waals surface area (Å²) in [7, 11) is 0. The number of rotatable bonds is 0. The Bertz CT molecular complexity index is 409. The molecule has 0 unspecified atom stereocenters. The van der Waals surface area contributed by atoms with Crippen LogP contribution in [0.25, 0.3) is 0 Å². The standard InChI is InChI=1S/C7HF6N3/c8-6(9,10)3-1-4(7(11,12)13)16-5(2-14)15-3/h1H. The molecule has 1 aromatic rings. The zero-order valence-electron chi connectivity index (χ0n) is 7.19. The summed E-state index contributed by atoms with van der Waals surface area (Å²) < 4.78 is 72.6. The average Bonchev–Trinajstić information content (AvgIpc) is 2.14. The Labute approximate surface area is 84.4 Å². The van der Waals surface area contributed by atoms with Gasteiger partial charge in [0.15, 0.2) is 0 Å². The van der Waals surface area contributed by atoms with Crippen molar-refractivity contribution in [1.29, 1.82) is 5.26 Å². The highest BCUT2D eigenvalue weighted by Gasteiger charge is 2.39. The zero-order chi connectivity index (χ0) is 12.6. The van der Waals surface area contributed by atoms with E-state index in [0.717, 1.165) is 6.07 Å². The van der Waals surface area contributed by atoms with Gasteiger partial charge in [-0.05, 0) is 6.07 Å². The molecule has 1 rings (SSSR count). The highest BCUT2D eigenvalue weighted by atomic mass is 19.4. The summed E-state index contributed by atoms with van der Waals surface area (Å²) >= 11 is 0. The molecule has 0 N–H and O–H groups in total. The fourth-order valence-corrected chi connectivity index (χ4v) is 0.788. The van der Waals surface area contributed by atoms with Crippen molar-refractivity contribution in [2.24, 2.45) is 0 Å². The monoisotopic (exact) mass is 241 g/mol. The van der Waals surface area contributed by atoms with E-state index in [0.29, 0.717) is 0 Å². The summed E-state index contributed by atoms with van der Waals surface area (Å²) in [6, 6.07) is 0.781. The topological polar surface area (TPSA) is 49.6 Å². The first kappa shape index (κ1) is 12.2. The zero-order valence-corrected chi connectivity index (χ0v) is 7.19. The molecule has 1 aromatic heterocycles. The predicted octanol–water partition coefficient (Wildman–Crippen LogP) is 2.39. The van der Waals surface area contributed by atoms with E-state index in [1.54, 1.807) is 0 Å². The number of nitriles is 1. The van der Waals surface area contributed by atoms with Gasteiger partial charge in [-0.2, -0.15) is 31.6 Å². The second-order valence-electron chi connectivity index (χ2n) is 2.57. The van der Waals surface area contributed by atoms with E-state index in [1.165, 1.54) is 0 Å². The minimum Gasteiger partial charge on any atom is -0.214 e. The van der Waals surface area contributed by atoms with Gasteiger partial charge >= 0.3 is 12.4 Å². The van der Waals surface area contributed by atoms with Gasteiger partial charge in [-0.15, -0.1) is 0 Å². The van der Waals surface area contributed by atoms with E-state index < -0.39 is 29.6 Å². The predicted molar refractivity (Wildman–Crippen MR) is 36.8 cm³/mol. The first-order valence-electron chi connectivity index (χ1n) is 3.58. The number of hydrogen-bond acceptors (Lipinski definition) is 3. The average molecular weight is 241 g/mol. The Morgan fingerprint density at radius 1 is 0.938 bits per heavy atom. The quantitative estimate of drug-likeness (QED) is 0.655. The molecule has 86 valence electrons. The van der Waals surface area contributed by atoms with E-state index >= 15 is 0 Å². The van der Waals surface area contributed by atoms with Crippen LogP contribution in [0.1, 0.15) is 17.2 Å². The van der Waals surface area contributed by atoms with Crippen LogP contribution in [-0.4, -0.2) is 9.97 Å². The van der Waals surface area contributed by atoms with Crippen LogP contribution in [0.5, 0.6) is 0 Å². The van der Waals surface area contributed by atoms with Crippen molar-refractivity contribution in [2.45, 2.75) is 12.4 Å². The van der Waals surface area contributed by atoms with Crippen LogP contribution in [-0.2, 0) is 12.4 Å². The molecule has 9 heteroatoms. The van der Waals surface area contributed by atoms with Gasteiger partial charge in [0.1, 0.15) is 17.5 Å². The molecular formula is C7HF6N3. The molecule has 0 aromatic carbocycles. The Hall–Kier alpha value is -1.85. The van der Waals surface area contributed by atoms with E-state index in [-0.39, 0.29) is 6.07 Å². The largest absolute Gasteiger partial charge is 0.433 e. The van der Waals surface area contributed by atoms with E-state index in [1.807, 2.05) is 0 Å². The van der Waals surface area contributed by atoms with Gasteiger partial charge in [-0.25, -0.2) is 9.97 Å². The van der Waals surface area contributed by atoms with Crippen molar-refractivity contribution in [1.82, 2.24) is 9.97 Å². The van der Waals surface area contributed by atoms with E-state index in [9.17, 15) is 26.3 Å². The van der Waals surface area contributed by atoms with Gasteiger partial charge in [0.2, 0.25) is 5.82 Å². The maximum absolute atomic E-state index is 12.1. The number of halogens is 6. The van der Waals surface area contributed by atoms with Crippen LogP contribution in [0.3, 0.4) is 0 Å². The third kappa shape index (κ3) is 2.59. The minimum atomic E-state index is -5.06. The van der Waals surface area contributed by atoms with Gasteiger partial charge in [0, 0.05) is 0 Å². The van der Waals surface area contributed by atoms with Crippen LogP contribution < -0.4 is 0 Å². The SMILES string of the molecule is N#Cc1nc(C(F)(F)F)cc(C(F)(F)F)n1. The lowest BCUT2D eigenvalue weighted by Crippen LogP contribution is -2.16. The van der Waals surface area contributed by atoms with Crippen molar-refractivity contribution in [3.63, 3.8) is 0 Å². The van der Waals surface area contributed by atoms with Crippen LogP contribution in [0.4, 0.5) is 26.3 Å². The fourth-order valence-electron chi connectivity index (χ4n) is 0.788. The van der Waals surface area contributed by atoms with Crippen molar-refractivity contribution >= 4 is 0 Å². The minimum absolute atomic E-state index is 0.249. The molecule has 0 saturated carbocycles. The molecule has 0 atom stereocenters. The van der Waals surface area contributed by atoms with Crippen LogP contribution in [0, 0.1) is 11.3 Å². The summed E-state index contributed by atoms with van der Waals surface area (Å²) in [5.41, 5.74) is -3.60. The first-order valence-corrected chi connectivity index (χ1v) is 3.58. The van der Waals surface area contributed by atoms with Crippen LogP contribution in [0.15, 0.2) is 6.07 Å². The molecule has 3 nitrogen and oxygen atoms in total. The molecule has 0 bridgehead atoms. The number of alkyl halides is 6. The molecule has 0 fully saturated rings. The second kappa shape index (κ2) is 3.62. The lowest BCUT2D eigenvalue weighted by molar-refractivity contribution is -0.147. The maximum Gasteiger partial charge on any atom is 0.433 e. The van der Waals surface area contributed by atoms with Gasteiger partial charge in [0.05, 0.1) is 0 Å². The Morgan fingerprint density at radius 3 is 1.56 bits per heavy atom. The third-order valence-electron chi connectivity index (χ3n) is 1.41. The van der Waals surface area contributed by atoms with E-state index in [2.05, 4.69) is 9.97 Å². The number of nitrogens with zero attached hydrogens (tertiary/aromatic N) is 3. The van der Waals surface area contributed by atoms with Crippen LogP contribution >= 0.6 is 0 Å². The van der Waals surface area contributed by atoms with Gasteiger partial charge < -0.3 is 0 Å². The summed E-state index contributed by atoms with van der Waals surface area (Å²) in [6.45, 7) is 0. The number of aromatic nitrogens is 2. The Balaban J connectivity index is 3.41. The lowest BCUT2D eigenvalue weighted by Gasteiger charge is -2.09. The Kier molecular flexibility index (Phi) is 2.77. The summed E-state index contributed by atoms with van der Waals surface area (Å²) in [4.78, 5) is 5.28.